The lowest BCUT2D eigenvalue weighted by Gasteiger charge is -2.13. The van der Waals surface area contributed by atoms with Gasteiger partial charge in [-0.15, -0.1) is 0 Å². The average Bonchev–Trinajstić information content (AvgIpc) is 3.04. The highest BCUT2D eigenvalue weighted by Gasteiger charge is 2.18. The van der Waals surface area contributed by atoms with Crippen molar-refractivity contribution in [2.24, 2.45) is 0 Å². The number of carbonyl (C=O) groups is 1. The summed E-state index contributed by atoms with van der Waals surface area (Å²) in [5.41, 5.74) is 4.11. The Bertz CT molecular complexity index is 862. The number of carbonyl (C=O) groups excluding carboxylic acids is 1. The topological polar surface area (TPSA) is 53.3 Å². The largest absolute Gasteiger partial charge is 0.489 e. The monoisotopic (exact) mass is 352 g/mol. The minimum atomic E-state index is -0.369. The lowest BCUT2D eigenvalue weighted by Crippen LogP contribution is -2.13. The number of benzene rings is 1. The number of hydrogen-bond acceptors (Lipinski definition) is 4. The van der Waals surface area contributed by atoms with Crippen molar-refractivity contribution in [1.82, 2.24) is 9.78 Å². The zero-order chi connectivity index (χ0) is 18.5. The van der Waals surface area contributed by atoms with Gasteiger partial charge in [0.25, 0.3) is 0 Å². The second-order valence-corrected chi connectivity index (χ2v) is 6.30. The van der Waals surface area contributed by atoms with Gasteiger partial charge in [-0.3, -0.25) is 0 Å². The van der Waals surface area contributed by atoms with Crippen LogP contribution < -0.4 is 0 Å². The summed E-state index contributed by atoms with van der Waals surface area (Å²) in [6, 6.07) is 7.81. The van der Waals surface area contributed by atoms with Gasteiger partial charge in [0.05, 0.1) is 18.0 Å². The maximum atomic E-state index is 12.3. The van der Waals surface area contributed by atoms with Crippen LogP contribution in [0.3, 0.4) is 0 Å². The molecular weight excluding hydrogens is 328 g/mol. The fraction of sp³-hybridized carbons (Fsp3) is 0.333. The van der Waals surface area contributed by atoms with Crippen molar-refractivity contribution in [2.75, 3.05) is 6.61 Å². The average molecular weight is 352 g/mol. The predicted molar refractivity (Wildman–Crippen MR) is 100 cm³/mol. The van der Waals surface area contributed by atoms with Crippen molar-refractivity contribution < 1.29 is 14.3 Å². The molecule has 26 heavy (non-hydrogen) atoms. The molecule has 1 aliphatic carbocycles. The Morgan fingerprint density at radius 3 is 2.81 bits per heavy atom. The molecule has 0 N–H and O–H groups in total. The van der Waals surface area contributed by atoms with E-state index in [1.807, 2.05) is 38.1 Å². The van der Waals surface area contributed by atoms with Crippen LogP contribution in [0.2, 0.25) is 0 Å². The molecule has 1 aromatic heterocycles. The van der Waals surface area contributed by atoms with E-state index in [4.69, 9.17) is 9.47 Å². The zero-order valence-electron chi connectivity index (χ0n) is 15.5. The highest BCUT2D eigenvalue weighted by Crippen LogP contribution is 2.21. The molecule has 0 radical (unpaired) electrons. The Balaban J connectivity index is 1.87. The van der Waals surface area contributed by atoms with Crippen molar-refractivity contribution in [2.45, 2.75) is 40.2 Å². The van der Waals surface area contributed by atoms with E-state index in [2.05, 4.69) is 17.3 Å². The van der Waals surface area contributed by atoms with Gasteiger partial charge in [0.2, 0.25) is 0 Å². The first kappa shape index (κ1) is 18.0. The van der Waals surface area contributed by atoms with E-state index >= 15 is 0 Å². The third kappa shape index (κ3) is 4.04. The van der Waals surface area contributed by atoms with E-state index in [1.54, 1.807) is 17.7 Å². The number of aryl methyl sites for hydroxylation is 2. The van der Waals surface area contributed by atoms with E-state index < -0.39 is 0 Å². The van der Waals surface area contributed by atoms with Crippen LogP contribution in [0, 0.1) is 13.8 Å². The molecule has 0 amide bonds. The molecule has 5 nitrogen and oxygen atoms in total. The quantitative estimate of drug-likeness (QED) is 0.722. The molecule has 136 valence electrons. The van der Waals surface area contributed by atoms with Crippen molar-refractivity contribution in [3.8, 4) is 5.69 Å². The first-order valence-electron chi connectivity index (χ1n) is 8.91. The lowest BCUT2D eigenvalue weighted by molar-refractivity contribution is 0.0515. The molecular formula is C21H24N2O3. The smallest absolute Gasteiger partial charge is 0.357 e. The van der Waals surface area contributed by atoms with Gasteiger partial charge in [-0.1, -0.05) is 18.2 Å². The van der Waals surface area contributed by atoms with Crippen LogP contribution in [0.1, 0.15) is 47.1 Å². The number of allylic oxidation sites excluding steroid dienone is 3. The SMILES string of the molecule is CCOC(=O)c1cc(C)nn1-c1cc(COC2=CCCC=C2)ccc1C. The second kappa shape index (κ2) is 8.04. The van der Waals surface area contributed by atoms with Crippen LogP contribution in [0.25, 0.3) is 5.69 Å². The molecule has 0 saturated heterocycles. The Labute approximate surface area is 153 Å². The summed E-state index contributed by atoms with van der Waals surface area (Å²) in [4.78, 5) is 12.3. The lowest BCUT2D eigenvalue weighted by atomic mass is 10.1. The fourth-order valence-corrected chi connectivity index (χ4v) is 2.87. The number of esters is 1. The fourth-order valence-electron chi connectivity index (χ4n) is 2.87. The summed E-state index contributed by atoms with van der Waals surface area (Å²) in [6.45, 7) is 6.46. The third-order valence-corrected chi connectivity index (χ3v) is 4.18. The van der Waals surface area contributed by atoms with Crippen molar-refractivity contribution in [1.29, 1.82) is 0 Å². The van der Waals surface area contributed by atoms with Crippen molar-refractivity contribution in [3.05, 3.63) is 70.8 Å². The number of aromatic nitrogens is 2. The summed E-state index contributed by atoms with van der Waals surface area (Å²) >= 11 is 0. The standard InChI is InChI=1S/C21H24N2O3/c1-4-25-21(24)20-12-16(3)22-23(20)19-13-17(11-10-15(19)2)14-26-18-8-6-5-7-9-18/h6,8-13H,4-5,7,14H2,1-3H3. The molecule has 3 rings (SSSR count). The molecule has 2 aromatic rings. The highest BCUT2D eigenvalue weighted by atomic mass is 16.5. The van der Waals surface area contributed by atoms with E-state index in [9.17, 15) is 4.79 Å². The summed E-state index contributed by atoms with van der Waals surface area (Å²) < 4.78 is 12.7. The van der Waals surface area contributed by atoms with Gasteiger partial charge < -0.3 is 9.47 Å². The molecule has 1 heterocycles. The number of ether oxygens (including phenoxy) is 2. The first-order valence-corrected chi connectivity index (χ1v) is 8.91. The minimum absolute atomic E-state index is 0.332. The van der Waals surface area contributed by atoms with Crippen LogP contribution in [-0.2, 0) is 16.1 Å². The summed E-state index contributed by atoms with van der Waals surface area (Å²) in [6.07, 6.45) is 8.31. The third-order valence-electron chi connectivity index (χ3n) is 4.18. The van der Waals surface area contributed by atoms with E-state index in [0.29, 0.717) is 18.9 Å². The van der Waals surface area contributed by atoms with Gasteiger partial charge in [-0.2, -0.15) is 5.10 Å². The molecule has 1 aromatic carbocycles. The van der Waals surface area contributed by atoms with Crippen LogP contribution in [-0.4, -0.2) is 22.4 Å². The molecule has 0 bridgehead atoms. The maximum Gasteiger partial charge on any atom is 0.357 e. The van der Waals surface area contributed by atoms with E-state index in [-0.39, 0.29) is 5.97 Å². The van der Waals surface area contributed by atoms with Gasteiger partial charge in [0.1, 0.15) is 12.4 Å². The molecule has 0 unspecified atom stereocenters. The van der Waals surface area contributed by atoms with E-state index in [1.165, 1.54) is 0 Å². The predicted octanol–water partition coefficient (Wildman–Crippen LogP) is 4.42. The number of rotatable bonds is 6. The molecule has 0 atom stereocenters. The Kier molecular flexibility index (Phi) is 5.56. The molecule has 5 heteroatoms. The summed E-state index contributed by atoms with van der Waals surface area (Å²) in [5, 5.41) is 4.49. The number of hydrogen-bond donors (Lipinski definition) is 0. The second-order valence-electron chi connectivity index (χ2n) is 6.30. The van der Waals surface area contributed by atoms with E-state index in [0.717, 1.165) is 41.1 Å². The summed E-state index contributed by atoms with van der Waals surface area (Å²) in [5.74, 6) is 0.534. The van der Waals surface area contributed by atoms with Crippen molar-refractivity contribution >= 4 is 5.97 Å². The van der Waals surface area contributed by atoms with Gasteiger partial charge >= 0.3 is 5.97 Å². The first-order chi connectivity index (χ1) is 12.6. The molecule has 0 aliphatic heterocycles. The zero-order valence-corrected chi connectivity index (χ0v) is 15.5. The highest BCUT2D eigenvalue weighted by molar-refractivity contribution is 5.88. The molecule has 1 aliphatic rings. The van der Waals surface area contributed by atoms with Gasteiger partial charge in [0, 0.05) is 0 Å². The summed E-state index contributed by atoms with van der Waals surface area (Å²) in [7, 11) is 0. The van der Waals surface area contributed by atoms with Gasteiger partial charge in [-0.05, 0) is 69.0 Å². The molecule has 0 saturated carbocycles. The Hall–Kier alpha value is -2.82. The van der Waals surface area contributed by atoms with Crippen LogP contribution in [0.4, 0.5) is 0 Å². The molecule has 0 fully saturated rings. The van der Waals surface area contributed by atoms with Gasteiger partial charge in [0.15, 0.2) is 5.69 Å². The Morgan fingerprint density at radius 1 is 1.23 bits per heavy atom. The van der Waals surface area contributed by atoms with Crippen LogP contribution in [0.5, 0.6) is 0 Å². The minimum Gasteiger partial charge on any atom is -0.489 e. The normalized spacial score (nSPS) is 13.4. The van der Waals surface area contributed by atoms with Crippen molar-refractivity contribution in [3.63, 3.8) is 0 Å². The molecule has 0 spiro atoms. The van der Waals surface area contributed by atoms with Crippen LogP contribution in [0.15, 0.2) is 48.3 Å². The van der Waals surface area contributed by atoms with Gasteiger partial charge in [-0.25, -0.2) is 9.48 Å². The maximum absolute atomic E-state index is 12.3. The van der Waals surface area contributed by atoms with Crippen LogP contribution >= 0.6 is 0 Å². The Morgan fingerprint density at radius 2 is 2.08 bits per heavy atom. The number of nitrogens with zero attached hydrogens (tertiary/aromatic N) is 2.